The molecule has 8 nitrogen and oxygen atoms in total. The highest BCUT2D eigenvalue weighted by Gasteiger charge is 2.33. The number of thiophene rings is 1. The summed E-state index contributed by atoms with van der Waals surface area (Å²) in [4.78, 5) is 36.4. The van der Waals surface area contributed by atoms with Crippen LogP contribution in [0.1, 0.15) is 57.8 Å². The van der Waals surface area contributed by atoms with Gasteiger partial charge in [-0.25, -0.2) is 4.98 Å². The monoisotopic (exact) mass is 587 g/mol. The first-order valence-corrected chi connectivity index (χ1v) is 14.6. The number of aromatic nitrogens is 2. The van der Waals surface area contributed by atoms with Crippen molar-refractivity contribution in [2.45, 2.75) is 39.8 Å². The van der Waals surface area contributed by atoms with Crippen molar-refractivity contribution in [1.29, 1.82) is 5.26 Å². The molecule has 2 aromatic carbocycles. The summed E-state index contributed by atoms with van der Waals surface area (Å²) in [6.07, 6.45) is 0.577. The van der Waals surface area contributed by atoms with Gasteiger partial charge in [-0.2, -0.15) is 5.26 Å². The van der Waals surface area contributed by atoms with E-state index in [0.717, 1.165) is 10.4 Å². The maximum absolute atomic E-state index is 14.1. The van der Waals surface area contributed by atoms with E-state index in [-0.39, 0.29) is 29.5 Å². The van der Waals surface area contributed by atoms with Crippen molar-refractivity contribution in [3.05, 3.63) is 96.7 Å². The van der Waals surface area contributed by atoms with Gasteiger partial charge in [-0.3, -0.25) is 14.2 Å². The van der Waals surface area contributed by atoms with Crippen molar-refractivity contribution < 1.29 is 9.21 Å². The predicted molar refractivity (Wildman–Crippen MR) is 162 cm³/mol. The van der Waals surface area contributed by atoms with E-state index < -0.39 is 6.04 Å². The second-order valence-corrected chi connectivity index (χ2v) is 12.0. The van der Waals surface area contributed by atoms with Crippen LogP contribution in [0, 0.1) is 24.2 Å². The first-order chi connectivity index (χ1) is 19.7. The largest absolute Gasteiger partial charge is 0.448 e. The number of hydrogen-bond donors (Lipinski definition) is 1. The molecule has 2 N–H and O–H groups in total. The van der Waals surface area contributed by atoms with E-state index in [1.165, 1.54) is 11.3 Å². The summed E-state index contributed by atoms with van der Waals surface area (Å²) in [5.41, 5.74) is 8.14. The summed E-state index contributed by atoms with van der Waals surface area (Å²) in [5, 5.41) is 10.5. The Morgan fingerprint density at radius 1 is 1.20 bits per heavy atom. The van der Waals surface area contributed by atoms with Crippen molar-refractivity contribution >= 4 is 50.9 Å². The quantitative estimate of drug-likeness (QED) is 0.217. The minimum atomic E-state index is -0.563. The van der Waals surface area contributed by atoms with Crippen molar-refractivity contribution in [2.75, 3.05) is 13.1 Å². The third kappa shape index (κ3) is 5.64. The Labute approximate surface area is 246 Å². The first-order valence-electron chi connectivity index (χ1n) is 13.4. The van der Waals surface area contributed by atoms with Crippen molar-refractivity contribution in [2.24, 2.45) is 11.7 Å². The highest BCUT2D eigenvalue weighted by Crippen LogP contribution is 2.34. The number of furan rings is 1. The molecule has 41 heavy (non-hydrogen) atoms. The zero-order valence-electron chi connectivity index (χ0n) is 23.1. The molecule has 0 aliphatic carbocycles. The zero-order valence-corrected chi connectivity index (χ0v) is 24.6. The second-order valence-electron chi connectivity index (χ2n) is 10.4. The SMILES string of the molecule is Cc1ccc(C(=O)N(CCCN)C(c2nc3c(oc4ccc(Cl)cc43)c(=O)n2Cc2ccc(C#N)s2)C(C)C)cc1. The van der Waals surface area contributed by atoms with Gasteiger partial charge in [0.25, 0.3) is 11.5 Å². The number of nitrogens with two attached hydrogens (primary N) is 1. The molecule has 210 valence electrons. The van der Waals surface area contributed by atoms with Crippen LogP contribution in [0.5, 0.6) is 0 Å². The maximum Gasteiger partial charge on any atom is 0.297 e. The van der Waals surface area contributed by atoms with Gasteiger partial charge in [-0.1, -0.05) is 43.1 Å². The van der Waals surface area contributed by atoms with Crippen LogP contribution in [-0.4, -0.2) is 33.4 Å². The van der Waals surface area contributed by atoms with Crippen molar-refractivity contribution in [3.8, 4) is 6.07 Å². The molecule has 5 aromatic rings. The van der Waals surface area contributed by atoms with E-state index in [0.29, 0.717) is 57.3 Å². The molecule has 0 spiro atoms. The van der Waals surface area contributed by atoms with Crippen LogP contribution in [0.3, 0.4) is 0 Å². The minimum Gasteiger partial charge on any atom is -0.448 e. The summed E-state index contributed by atoms with van der Waals surface area (Å²) in [6, 6.07) is 17.7. The maximum atomic E-state index is 14.1. The second kappa shape index (κ2) is 11.9. The van der Waals surface area contributed by atoms with Gasteiger partial charge in [-0.05, 0) is 68.3 Å². The number of benzene rings is 2. The number of halogens is 1. The standard InChI is InChI=1S/C31H30ClN5O3S/c1-18(2)27(36(14-4-13-33)30(38)20-7-5-19(3)6-8-20)29-35-26-24-15-21(32)9-12-25(24)40-28(26)31(39)37(29)17-23-11-10-22(16-34)41-23/h5-12,15,18,27H,4,13-14,17,33H2,1-3H3. The number of carbonyl (C=O) groups excluding carboxylic acids is 1. The van der Waals surface area contributed by atoms with Crippen LogP contribution in [0.2, 0.25) is 5.02 Å². The Balaban J connectivity index is 1.76. The molecule has 1 amide bonds. The number of rotatable bonds is 9. The van der Waals surface area contributed by atoms with E-state index in [4.69, 9.17) is 26.7 Å². The van der Waals surface area contributed by atoms with Gasteiger partial charge in [0, 0.05) is 27.4 Å². The van der Waals surface area contributed by atoms with Crippen LogP contribution in [0.4, 0.5) is 0 Å². The van der Waals surface area contributed by atoms with Gasteiger partial charge < -0.3 is 15.1 Å². The predicted octanol–water partition coefficient (Wildman–Crippen LogP) is 6.27. The molecule has 1 atom stereocenters. The number of fused-ring (bicyclic) bond motifs is 3. The summed E-state index contributed by atoms with van der Waals surface area (Å²) >= 11 is 7.62. The lowest BCUT2D eigenvalue weighted by Crippen LogP contribution is -2.42. The zero-order chi connectivity index (χ0) is 29.3. The Hall–Kier alpha value is -3.97. The van der Waals surface area contributed by atoms with E-state index in [9.17, 15) is 14.9 Å². The molecule has 3 heterocycles. The van der Waals surface area contributed by atoms with Gasteiger partial charge in [-0.15, -0.1) is 11.3 Å². The normalized spacial score (nSPS) is 12.2. The fraction of sp³-hybridized carbons (Fsp3) is 0.290. The summed E-state index contributed by atoms with van der Waals surface area (Å²) in [5.74, 6) is 0.156. The number of hydrogen-bond acceptors (Lipinski definition) is 7. The Bertz CT molecular complexity index is 1830. The van der Waals surface area contributed by atoms with Crippen LogP contribution >= 0.6 is 22.9 Å². The molecule has 0 aliphatic heterocycles. The third-order valence-corrected chi connectivity index (χ3v) is 8.26. The highest BCUT2D eigenvalue weighted by molar-refractivity contribution is 7.12. The fourth-order valence-electron chi connectivity index (χ4n) is 5.06. The molecular weight excluding hydrogens is 558 g/mol. The van der Waals surface area contributed by atoms with E-state index in [1.807, 2.05) is 51.1 Å². The van der Waals surface area contributed by atoms with Crippen LogP contribution in [0.25, 0.3) is 22.1 Å². The highest BCUT2D eigenvalue weighted by atomic mass is 35.5. The molecule has 10 heteroatoms. The first kappa shape index (κ1) is 28.6. The van der Waals surface area contributed by atoms with E-state index >= 15 is 0 Å². The van der Waals surface area contributed by atoms with Crippen LogP contribution in [0.15, 0.2) is 63.8 Å². The molecule has 0 bridgehead atoms. The molecule has 0 aliphatic rings. The van der Waals surface area contributed by atoms with Gasteiger partial charge >= 0.3 is 0 Å². The Morgan fingerprint density at radius 2 is 1.95 bits per heavy atom. The van der Waals surface area contributed by atoms with E-state index in [1.54, 1.807) is 33.7 Å². The average molecular weight is 588 g/mol. The number of nitrogens with zero attached hydrogens (tertiary/aromatic N) is 4. The molecule has 0 fully saturated rings. The average Bonchev–Trinajstić information content (AvgIpc) is 3.57. The molecule has 1 unspecified atom stereocenters. The Morgan fingerprint density at radius 3 is 2.61 bits per heavy atom. The van der Waals surface area contributed by atoms with Gasteiger partial charge in [0.1, 0.15) is 27.9 Å². The van der Waals surface area contributed by atoms with Crippen LogP contribution in [-0.2, 0) is 6.54 Å². The molecular formula is C31H30ClN5O3S. The summed E-state index contributed by atoms with van der Waals surface area (Å²) in [6.45, 7) is 6.94. The topological polar surface area (TPSA) is 118 Å². The van der Waals surface area contributed by atoms with E-state index in [2.05, 4.69) is 6.07 Å². The summed E-state index contributed by atoms with van der Waals surface area (Å²) < 4.78 is 7.56. The number of nitriles is 1. The van der Waals surface area contributed by atoms with Gasteiger partial charge in [0.05, 0.1) is 12.6 Å². The number of aryl methyl sites for hydroxylation is 1. The van der Waals surface area contributed by atoms with Gasteiger partial charge in [0.15, 0.2) is 0 Å². The molecule has 0 saturated carbocycles. The smallest absolute Gasteiger partial charge is 0.297 e. The van der Waals surface area contributed by atoms with Crippen LogP contribution < -0.4 is 11.3 Å². The molecule has 0 radical (unpaired) electrons. The van der Waals surface area contributed by atoms with Crippen molar-refractivity contribution in [3.63, 3.8) is 0 Å². The number of carbonyl (C=O) groups is 1. The fourth-order valence-corrected chi connectivity index (χ4v) is 6.03. The Kier molecular flexibility index (Phi) is 8.27. The molecule has 3 aromatic heterocycles. The van der Waals surface area contributed by atoms with Gasteiger partial charge in [0.2, 0.25) is 5.58 Å². The molecule has 0 saturated heterocycles. The minimum absolute atomic E-state index is 0.113. The lowest BCUT2D eigenvalue weighted by molar-refractivity contribution is 0.0602. The lowest BCUT2D eigenvalue weighted by atomic mass is 9.99. The number of amides is 1. The van der Waals surface area contributed by atoms with Crippen molar-refractivity contribution in [1.82, 2.24) is 14.5 Å². The molecule has 5 rings (SSSR count). The summed E-state index contributed by atoms with van der Waals surface area (Å²) in [7, 11) is 0. The third-order valence-electron chi connectivity index (χ3n) is 7.05. The lowest BCUT2D eigenvalue weighted by Gasteiger charge is -2.35.